The van der Waals surface area contributed by atoms with E-state index in [4.69, 9.17) is 4.74 Å². The van der Waals surface area contributed by atoms with Gasteiger partial charge in [0, 0.05) is 35.6 Å². The number of hydrogen-bond donors (Lipinski definition) is 1. The first kappa shape index (κ1) is 16.5. The highest BCUT2D eigenvalue weighted by Gasteiger charge is 2.33. The van der Waals surface area contributed by atoms with Gasteiger partial charge < -0.3 is 15.0 Å². The zero-order chi connectivity index (χ0) is 17.6. The normalized spacial score (nSPS) is 18.5. The number of benzene rings is 2. The Bertz CT molecular complexity index is 789. The maximum absolute atomic E-state index is 5.49. The first-order valence-electron chi connectivity index (χ1n) is 9.35. The summed E-state index contributed by atoms with van der Waals surface area (Å²) in [4.78, 5) is 2.41. The molecule has 0 amide bonds. The lowest BCUT2D eigenvalue weighted by Gasteiger charge is -2.37. The molecular formula is C22H28N2O. The van der Waals surface area contributed by atoms with Gasteiger partial charge in [-0.05, 0) is 40.8 Å². The molecular weight excluding hydrogens is 308 g/mol. The lowest BCUT2D eigenvalue weighted by molar-refractivity contribution is 0.122. The number of ether oxygens (including phenoxy) is 1. The third kappa shape index (κ3) is 2.81. The molecule has 0 atom stereocenters. The molecule has 2 aromatic carbocycles. The van der Waals surface area contributed by atoms with Crippen molar-refractivity contribution in [3.8, 4) is 0 Å². The van der Waals surface area contributed by atoms with Crippen molar-refractivity contribution in [3.05, 3.63) is 53.1 Å². The van der Waals surface area contributed by atoms with E-state index in [1.54, 1.807) is 0 Å². The van der Waals surface area contributed by atoms with Crippen LogP contribution in [0.5, 0.6) is 0 Å². The molecule has 0 saturated carbocycles. The third-order valence-corrected chi connectivity index (χ3v) is 5.71. The number of rotatable bonds is 2. The average Bonchev–Trinajstić information content (AvgIpc) is 2.62. The monoisotopic (exact) mass is 336 g/mol. The zero-order valence-corrected chi connectivity index (χ0v) is 15.7. The predicted octanol–water partition coefficient (Wildman–Crippen LogP) is 5.03. The van der Waals surface area contributed by atoms with Crippen LogP contribution in [0.2, 0.25) is 0 Å². The Balaban J connectivity index is 1.74. The standard InChI is InChI=1S/C22H28N2O/c1-15(2)16-5-8-20-19(13-16)22(3,4)18-7-6-17(14-21(18)23-20)24-9-11-25-12-10-24/h5-8,13-15,23H,9-12H2,1-4H3. The van der Waals surface area contributed by atoms with Crippen LogP contribution in [0.3, 0.4) is 0 Å². The molecule has 0 aromatic heterocycles. The fourth-order valence-corrected chi connectivity index (χ4v) is 4.04. The van der Waals surface area contributed by atoms with Gasteiger partial charge in [0.15, 0.2) is 0 Å². The zero-order valence-electron chi connectivity index (χ0n) is 15.7. The van der Waals surface area contributed by atoms with Gasteiger partial charge in [-0.25, -0.2) is 0 Å². The summed E-state index contributed by atoms with van der Waals surface area (Å²) in [5.41, 5.74) is 7.93. The quantitative estimate of drug-likeness (QED) is 0.832. The van der Waals surface area contributed by atoms with E-state index in [1.807, 2.05) is 0 Å². The van der Waals surface area contributed by atoms with Crippen LogP contribution in [0.1, 0.15) is 50.3 Å². The SMILES string of the molecule is CC(C)c1ccc2c(c1)C(C)(C)c1ccc(N3CCOCC3)cc1N2. The number of nitrogens with one attached hydrogen (secondary N) is 1. The highest BCUT2D eigenvalue weighted by atomic mass is 16.5. The highest BCUT2D eigenvalue weighted by molar-refractivity contribution is 5.78. The van der Waals surface area contributed by atoms with Crippen LogP contribution in [0.15, 0.2) is 36.4 Å². The molecule has 1 N–H and O–H groups in total. The molecule has 2 aromatic rings. The van der Waals surface area contributed by atoms with E-state index < -0.39 is 0 Å². The minimum absolute atomic E-state index is 0.00432. The number of nitrogens with zero attached hydrogens (tertiary/aromatic N) is 1. The predicted molar refractivity (Wildman–Crippen MR) is 105 cm³/mol. The van der Waals surface area contributed by atoms with Gasteiger partial charge in [0.05, 0.1) is 13.2 Å². The summed E-state index contributed by atoms with van der Waals surface area (Å²) in [5, 5.41) is 3.68. The first-order valence-corrected chi connectivity index (χ1v) is 9.35. The summed E-state index contributed by atoms with van der Waals surface area (Å²) in [6.45, 7) is 12.8. The molecule has 132 valence electrons. The maximum atomic E-state index is 5.49. The molecule has 3 heteroatoms. The van der Waals surface area contributed by atoms with Gasteiger partial charge in [0.1, 0.15) is 0 Å². The summed E-state index contributed by atoms with van der Waals surface area (Å²) < 4.78 is 5.49. The van der Waals surface area contributed by atoms with Crippen LogP contribution < -0.4 is 10.2 Å². The summed E-state index contributed by atoms with van der Waals surface area (Å²) in [7, 11) is 0. The molecule has 1 fully saturated rings. The molecule has 0 aliphatic carbocycles. The molecule has 0 spiro atoms. The Morgan fingerprint density at radius 2 is 1.72 bits per heavy atom. The number of morpholine rings is 1. The van der Waals surface area contributed by atoms with Gasteiger partial charge in [0.2, 0.25) is 0 Å². The van der Waals surface area contributed by atoms with E-state index in [0.717, 1.165) is 26.3 Å². The van der Waals surface area contributed by atoms with Crippen molar-refractivity contribution < 1.29 is 4.74 Å². The van der Waals surface area contributed by atoms with Gasteiger partial charge in [-0.2, -0.15) is 0 Å². The lowest BCUT2D eigenvalue weighted by Crippen LogP contribution is -2.36. The van der Waals surface area contributed by atoms with Crippen molar-refractivity contribution >= 4 is 17.1 Å². The van der Waals surface area contributed by atoms with Gasteiger partial charge >= 0.3 is 0 Å². The smallest absolute Gasteiger partial charge is 0.0642 e. The van der Waals surface area contributed by atoms with E-state index in [2.05, 4.69) is 74.3 Å². The van der Waals surface area contributed by atoms with Crippen molar-refractivity contribution in [1.82, 2.24) is 0 Å². The van der Waals surface area contributed by atoms with Crippen molar-refractivity contribution in [2.75, 3.05) is 36.5 Å². The van der Waals surface area contributed by atoms with Crippen LogP contribution >= 0.6 is 0 Å². The van der Waals surface area contributed by atoms with E-state index in [9.17, 15) is 0 Å². The Morgan fingerprint density at radius 1 is 0.960 bits per heavy atom. The number of hydrogen-bond acceptors (Lipinski definition) is 3. The first-order chi connectivity index (χ1) is 12.0. The van der Waals surface area contributed by atoms with Crippen LogP contribution in [0.4, 0.5) is 17.1 Å². The topological polar surface area (TPSA) is 24.5 Å². The van der Waals surface area contributed by atoms with Crippen molar-refractivity contribution in [1.29, 1.82) is 0 Å². The van der Waals surface area contributed by atoms with E-state index >= 15 is 0 Å². The molecule has 2 aliphatic heterocycles. The molecule has 3 nitrogen and oxygen atoms in total. The Kier molecular flexibility index (Phi) is 3.99. The number of anilines is 3. The van der Waals surface area contributed by atoms with Crippen LogP contribution in [-0.4, -0.2) is 26.3 Å². The van der Waals surface area contributed by atoms with Crippen LogP contribution in [-0.2, 0) is 10.2 Å². The largest absolute Gasteiger partial charge is 0.378 e. The summed E-state index contributed by atoms with van der Waals surface area (Å²) in [6.07, 6.45) is 0. The van der Waals surface area contributed by atoms with Gasteiger partial charge in [-0.1, -0.05) is 45.9 Å². The van der Waals surface area contributed by atoms with Gasteiger partial charge in [-0.15, -0.1) is 0 Å². The molecule has 2 aliphatic rings. The molecule has 0 unspecified atom stereocenters. The second-order valence-electron chi connectivity index (χ2n) is 8.04. The number of fused-ring (bicyclic) bond motifs is 2. The van der Waals surface area contributed by atoms with E-state index in [1.165, 1.54) is 33.8 Å². The minimum Gasteiger partial charge on any atom is -0.378 e. The van der Waals surface area contributed by atoms with Crippen molar-refractivity contribution in [2.24, 2.45) is 0 Å². The molecule has 0 radical (unpaired) electrons. The summed E-state index contributed by atoms with van der Waals surface area (Å²) >= 11 is 0. The van der Waals surface area contributed by atoms with Gasteiger partial charge in [0.25, 0.3) is 0 Å². The van der Waals surface area contributed by atoms with E-state index in [-0.39, 0.29) is 5.41 Å². The van der Waals surface area contributed by atoms with Crippen molar-refractivity contribution in [2.45, 2.75) is 39.0 Å². The van der Waals surface area contributed by atoms with E-state index in [0.29, 0.717) is 5.92 Å². The second-order valence-corrected chi connectivity index (χ2v) is 8.04. The fraction of sp³-hybridized carbons (Fsp3) is 0.455. The lowest BCUT2D eigenvalue weighted by atomic mass is 9.73. The van der Waals surface area contributed by atoms with Crippen LogP contribution in [0.25, 0.3) is 0 Å². The fourth-order valence-electron chi connectivity index (χ4n) is 4.04. The second kappa shape index (κ2) is 6.06. The maximum Gasteiger partial charge on any atom is 0.0642 e. The average molecular weight is 336 g/mol. The Morgan fingerprint density at radius 3 is 2.44 bits per heavy atom. The Hall–Kier alpha value is -2.00. The summed E-state index contributed by atoms with van der Waals surface area (Å²) in [5.74, 6) is 0.547. The van der Waals surface area contributed by atoms with Crippen molar-refractivity contribution in [3.63, 3.8) is 0 Å². The molecule has 1 saturated heterocycles. The minimum atomic E-state index is 0.00432. The van der Waals surface area contributed by atoms with Gasteiger partial charge in [-0.3, -0.25) is 0 Å². The summed E-state index contributed by atoms with van der Waals surface area (Å²) in [6, 6.07) is 13.8. The molecule has 4 rings (SSSR count). The third-order valence-electron chi connectivity index (χ3n) is 5.71. The molecule has 2 heterocycles. The van der Waals surface area contributed by atoms with Crippen LogP contribution in [0, 0.1) is 0 Å². The molecule has 0 bridgehead atoms. The highest BCUT2D eigenvalue weighted by Crippen LogP contribution is 2.47. The Labute approximate surface area is 151 Å². The molecule has 25 heavy (non-hydrogen) atoms.